The van der Waals surface area contributed by atoms with Gasteiger partial charge in [0.25, 0.3) is 0 Å². The van der Waals surface area contributed by atoms with Gasteiger partial charge in [-0.1, -0.05) is 6.92 Å². The van der Waals surface area contributed by atoms with Crippen LogP contribution in [0.5, 0.6) is 0 Å². The van der Waals surface area contributed by atoms with Crippen molar-refractivity contribution < 1.29 is 4.79 Å². The summed E-state index contributed by atoms with van der Waals surface area (Å²) in [6, 6.07) is 0.459. The van der Waals surface area contributed by atoms with Crippen LogP contribution in [0.15, 0.2) is 0 Å². The first-order chi connectivity index (χ1) is 7.25. The van der Waals surface area contributed by atoms with Crippen molar-refractivity contribution in [2.45, 2.75) is 32.2 Å². The molecule has 1 saturated heterocycles. The molecule has 0 unspecified atom stereocenters. The van der Waals surface area contributed by atoms with Crippen LogP contribution in [0.4, 0.5) is 0 Å². The SMILES string of the molecule is CCCSCC(=O)N(C)C1CCNCC1. The summed E-state index contributed by atoms with van der Waals surface area (Å²) in [5.74, 6) is 2.03. The molecule has 0 saturated carbocycles. The minimum absolute atomic E-state index is 0.292. The number of nitrogens with zero attached hydrogens (tertiary/aromatic N) is 1. The fourth-order valence-corrected chi connectivity index (χ4v) is 2.61. The molecular weight excluding hydrogens is 208 g/mol. The fourth-order valence-electron chi connectivity index (χ4n) is 1.80. The number of nitrogens with one attached hydrogen (secondary N) is 1. The Labute approximate surface area is 97.0 Å². The zero-order valence-electron chi connectivity index (χ0n) is 9.79. The van der Waals surface area contributed by atoms with E-state index in [4.69, 9.17) is 0 Å². The average Bonchev–Trinajstić information content (AvgIpc) is 2.29. The monoisotopic (exact) mass is 230 g/mol. The number of carbonyl (C=O) groups excluding carboxylic acids is 1. The minimum Gasteiger partial charge on any atom is -0.342 e. The minimum atomic E-state index is 0.292. The normalized spacial score (nSPS) is 17.7. The van der Waals surface area contributed by atoms with Gasteiger partial charge in [0, 0.05) is 13.1 Å². The maximum Gasteiger partial charge on any atom is 0.232 e. The lowest BCUT2D eigenvalue weighted by atomic mass is 10.1. The second-order valence-corrected chi connectivity index (χ2v) is 5.14. The van der Waals surface area contributed by atoms with E-state index in [1.807, 2.05) is 11.9 Å². The van der Waals surface area contributed by atoms with Crippen molar-refractivity contribution in [1.82, 2.24) is 10.2 Å². The van der Waals surface area contributed by atoms with Crippen molar-refractivity contribution >= 4 is 17.7 Å². The van der Waals surface area contributed by atoms with Crippen molar-refractivity contribution in [3.63, 3.8) is 0 Å². The number of hydrogen-bond donors (Lipinski definition) is 1. The first-order valence-corrected chi connectivity index (χ1v) is 6.95. The number of rotatable bonds is 5. The molecular formula is C11H22N2OS. The third-order valence-corrected chi connectivity index (χ3v) is 3.97. The van der Waals surface area contributed by atoms with Gasteiger partial charge < -0.3 is 10.2 Å². The van der Waals surface area contributed by atoms with Crippen molar-refractivity contribution in [3.05, 3.63) is 0 Å². The molecule has 0 atom stereocenters. The summed E-state index contributed by atoms with van der Waals surface area (Å²) < 4.78 is 0. The van der Waals surface area contributed by atoms with Crippen LogP contribution in [0, 0.1) is 0 Å². The zero-order valence-corrected chi connectivity index (χ0v) is 10.6. The average molecular weight is 230 g/mol. The largest absolute Gasteiger partial charge is 0.342 e. The van der Waals surface area contributed by atoms with E-state index >= 15 is 0 Å². The number of hydrogen-bond acceptors (Lipinski definition) is 3. The molecule has 1 fully saturated rings. The number of carbonyl (C=O) groups is 1. The lowest BCUT2D eigenvalue weighted by molar-refractivity contribution is -0.129. The van der Waals surface area contributed by atoms with Crippen LogP contribution in [0.1, 0.15) is 26.2 Å². The van der Waals surface area contributed by atoms with Gasteiger partial charge in [-0.05, 0) is 38.1 Å². The van der Waals surface area contributed by atoms with Crippen molar-refractivity contribution in [2.24, 2.45) is 0 Å². The Balaban J connectivity index is 2.24. The van der Waals surface area contributed by atoms with Crippen LogP contribution in [-0.2, 0) is 4.79 Å². The third-order valence-electron chi connectivity index (χ3n) is 2.82. The van der Waals surface area contributed by atoms with Crippen LogP contribution < -0.4 is 5.32 Å². The summed E-state index contributed by atoms with van der Waals surface area (Å²) in [7, 11) is 1.95. The molecule has 1 heterocycles. The van der Waals surface area contributed by atoms with Crippen LogP contribution in [0.2, 0.25) is 0 Å². The van der Waals surface area contributed by atoms with Crippen LogP contribution in [-0.4, -0.2) is 48.5 Å². The summed E-state index contributed by atoms with van der Waals surface area (Å²) in [4.78, 5) is 13.7. The number of amides is 1. The van der Waals surface area contributed by atoms with E-state index in [9.17, 15) is 4.79 Å². The molecule has 88 valence electrons. The third kappa shape index (κ3) is 4.43. The van der Waals surface area contributed by atoms with E-state index in [-0.39, 0.29) is 0 Å². The molecule has 0 radical (unpaired) electrons. The molecule has 0 aromatic carbocycles. The predicted octanol–water partition coefficient (Wildman–Crippen LogP) is 1.34. The summed E-state index contributed by atoms with van der Waals surface area (Å²) in [5.41, 5.74) is 0. The van der Waals surface area contributed by atoms with E-state index in [2.05, 4.69) is 12.2 Å². The highest BCUT2D eigenvalue weighted by molar-refractivity contribution is 7.99. The van der Waals surface area contributed by atoms with Crippen molar-refractivity contribution in [2.75, 3.05) is 31.6 Å². The molecule has 0 aliphatic carbocycles. The molecule has 1 rings (SSSR count). The Morgan fingerprint density at radius 2 is 2.13 bits per heavy atom. The second kappa shape index (κ2) is 7.12. The summed E-state index contributed by atoms with van der Waals surface area (Å²) in [5, 5.41) is 3.32. The smallest absolute Gasteiger partial charge is 0.232 e. The zero-order chi connectivity index (χ0) is 11.1. The molecule has 0 bridgehead atoms. The van der Waals surface area contributed by atoms with Gasteiger partial charge in [-0.2, -0.15) is 11.8 Å². The second-order valence-electron chi connectivity index (χ2n) is 4.04. The maximum absolute atomic E-state index is 11.8. The highest BCUT2D eigenvalue weighted by atomic mass is 32.2. The molecule has 1 aliphatic rings. The van der Waals surface area contributed by atoms with Gasteiger partial charge in [-0.25, -0.2) is 0 Å². The van der Waals surface area contributed by atoms with Gasteiger partial charge in [0.05, 0.1) is 5.75 Å². The van der Waals surface area contributed by atoms with Gasteiger partial charge in [0.1, 0.15) is 0 Å². The van der Waals surface area contributed by atoms with Gasteiger partial charge in [0.2, 0.25) is 5.91 Å². The van der Waals surface area contributed by atoms with Crippen LogP contribution in [0.3, 0.4) is 0 Å². The number of thioether (sulfide) groups is 1. The predicted molar refractivity (Wildman–Crippen MR) is 66.3 cm³/mol. The van der Waals surface area contributed by atoms with E-state index < -0.39 is 0 Å². The Bertz CT molecular complexity index is 193. The Morgan fingerprint density at radius 1 is 1.47 bits per heavy atom. The summed E-state index contributed by atoms with van der Waals surface area (Å²) in [6.07, 6.45) is 3.34. The lowest BCUT2D eigenvalue weighted by Crippen LogP contribution is -2.44. The van der Waals surface area contributed by atoms with Crippen LogP contribution >= 0.6 is 11.8 Å². The lowest BCUT2D eigenvalue weighted by Gasteiger charge is -2.31. The number of piperidine rings is 1. The first kappa shape index (κ1) is 12.8. The molecule has 0 aromatic heterocycles. The van der Waals surface area contributed by atoms with E-state index in [1.54, 1.807) is 11.8 Å². The fraction of sp³-hybridized carbons (Fsp3) is 0.909. The van der Waals surface area contributed by atoms with Crippen molar-refractivity contribution in [3.8, 4) is 0 Å². The quantitative estimate of drug-likeness (QED) is 0.723. The molecule has 15 heavy (non-hydrogen) atoms. The highest BCUT2D eigenvalue weighted by Crippen LogP contribution is 2.12. The Morgan fingerprint density at radius 3 is 2.73 bits per heavy atom. The maximum atomic E-state index is 11.8. The first-order valence-electron chi connectivity index (χ1n) is 5.79. The molecule has 0 aromatic rings. The molecule has 3 nitrogen and oxygen atoms in total. The van der Waals surface area contributed by atoms with E-state index in [0.29, 0.717) is 17.7 Å². The van der Waals surface area contributed by atoms with Gasteiger partial charge in [0.15, 0.2) is 0 Å². The van der Waals surface area contributed by atoms with Gasteiger partial charge in [-0.3, -0.25) is 4.79 Å². The summed E-state index contributed by atoms with van der Waals surface area (Å²) in [6.45, 7) is 4.24. The summed E-state index contributed by atoms with van der Waals surface area (Å²) >= 11 is 1.75. The molecule has 0 spiro atoms. The molecule has 4 heteroatoms. The van der Waals surface area contributed by atoms with Gasteiger partial charge in [-0.15, -0.1) is 0 Å². The molecule has 1 N–H and O–H groups in total. The van der Waals surface area contributed by atoms with Crippen LogP contribution in [0.25, 0.3) is 0 Å². The van der Waals surface area contributed by atoms with Gasteiger partial charge >= 0.3 is 0 Å². The van der Waals surface area contributed by atoms with Crippen molar-refractivity contribution in [1.29, 1.82) is 0 Å². The Hall–Kier alpha value is -0.220. The standard InChI is InChI=1S/C11H22N2OS/c1-3-8-15-9-11(14)13(2)10-4-6-12-7-5-10/h10,12H,3-9H2,1-2H3. The van der Waals surface area contributed by atoms with E-state index in [0.717, 1.165) is 38.1 Å². The molecule has 1 amide bonds. The highest BCUT2D eigenvalue weighted by Gasteiger charge is 2.21. The Kier molecular flexibility index (Phi) is 6.10. The topological polar surface area (TPSA) is 32.3 Å². The van der Waals surface area contributed by atoms with E-state index in [1.165, 1.54) is 0 Å². The molecule has 1 aliphatic heterocycles.